The quantitative estimate of drug-likeness (QED) is 0.712. The molecule has 1 atom stereocenters. The molecule has 0 radical (unpaired) electrons. The first-order valence-corrected chi connectivity index (χ1v) is 4.39. The Kier molecular flexibility index (Phi) is 1.55. The summed E-state index contributed by atoms with van der Waals surface area (Å²) in [5.41, 5.74) is 1.53. The Morgan fingerprint density at radius 2 is 2.33 bits per heavy atom. The van der Waals surface area contributed by atoms with Crippen LogP contribution in [0.2, 0.25) is 0 Å². The van der Waals surface area contributed by atoms with Gasteiger partial charge in [-0.15, -0.1) is 0 Å². The van der Waals surface area contributed by atoms with E-state index in [1.54, 1.807) is 24.6 Å². The van der Waals surface area contributed by atoms with E-state index in [2.05, 4.69) is 15.3 Å². The second-order valence-electron chi connectivity index (χ2n) is 3.09. The van der Waals surface area contributed by atoms with Gasteiger partial charge in [-0.3, -0.25) is 4.98 Å². The van der Waals surface area contributed by atoms with E-state index in [0.29, 0.717) is 11.2 Å². The normalized spacial score (nSPS) is 19.1. The van der Waals surface area contributed by atoms with Crippen molar-refractivity contribution in [2.24, 2.45) is 0 Å². The van der Waals surface area contributed by atoms with Crippen LogP contribution in [0.15, 0.2) is 33.8 Å². The third-order valence-corrected chi connectivity index (χ3v) is 2.11. The minimum atomic E-state index is -0.506. The molecule has 0 fully saturated rings. The summed E-state index contributed by atoms with van der Waals surface area (Å²) in [4.78, 5) is 17.6. The van der Waals surface area contributed by atoms with Crippen molar-refractivity contribution in [1.82, 2.24) is 15.3 Å². The Morgan fingerprint density at radius 1 is 1.40 bits per heavy atom. The summed E-state index contributed by atoms with van der Waals surface area (Å²) >= 11 is 0. The summed E-state index contributed by atoms with van der Waals surface area (Å²) in [7, 11) is 0. The predicted molar refractivity (Wildman–Crippen MR) is 50.7 cm³/mol. The molecule has 0 saturated carbocycles. The third kappa shape index (κ3) is 1.26. The highest BCUT2D eigenvalue weighted by atomic mass is 16.5. The Labute approximate surface area is 83.6 Å². The van der Waals surface area contributed by atoms with Gasteiger partial charge in [-0.2, -0.15) is 0 Å². The van der Waals surface area contributed by atoms with Crippen molar-refractivity contribution in [3.63, 3.8) is 0 Å². The average Bonchev–Trinajstić information content (AvgIpc) is 2.82. The van der Waals surface area contributed by atoms with E-state index in [4.69, 9.17) is 9.15 Å². The lowest BCUT2D eigenvalue weighted by molar-refractivity contribution is 0.150. The number of nitrogens with zero attached hydrogens (tertiary/aromatic N) is 1. The van der Waals surface area contributed by atoms with Gasteiger partial charge in [0.2, 0.25) is 11.9 Å². The molecule has 2 aromatic rings. The number of nitrogens with one attached hydrogen (secondary N) is 2. The Balaban J connectivity index is 2.09. The van der Waals surface area contributed by atoms with Crippen molar-refractivity contribution >= 4 is 11.2 Å². The van der Waals surface area contributed by atoms with Crippen molar-refractivity contribution in [2.45, 2.75) is 6.23 Å². The first-order valence-electron chi connectivity index (χ1n) is 4.39. The lowest BCUT2D eigenvalue weighted by atomic mass is 10.3. The van der Waals surface area contributed by atoms with Crippen molar-refractivity contribution in [2.75, 3.05) is 0 Å². The smallest absolute Gasteiger partial charge is 0.418 e. The number of aromatic nitrogens is 2. The largest absolute Gasteiger partial charge is 0.471 e. The first kappa shape index (κ1) is 8.10. The molecular formula is C9H7N3O3. The Bertz CT molecular complexity index is 576. The van der Waals surface area contributed by atoms with Gasteiger partial charge >= 0.3 is 5.76 Å². The molecule has 0 aromatic carbocycles. The fourth-order valence-corrected chi connectivity index (χ4v) is 1.44. The number of rotatable bonds is 1. The van der Waals surface area contributed by atoms with E-state index in [1.807, 2.05) is 0 Å². The van der Waals surface area contributed by atoms with Crippen molar-refractivity contribution in [3.05, 3.63) is 40.8 Å². The molecular weight excluding hydrogens is 198 g/mol. The van der Waals surface area contributed by atoms with Gasteiger partial charge in [-0.1, -0.05) is 0 Å². The van der Waals surface area contributed by atoms with Gasteiger partial charge in [0.1, 0.15) is 17.5 Å². The lowest BCUT2D eigenvalue weighted by Gasteiger charge is -2.09. The molecule has 15 heavy (non-hydrogen) atoms. The molecule has 76 valence electrons. The van der Waals surface area contributed by atoms with Crippen molar-refractivity contribution < 1.29 is 9.15 Å². The van der Waals surface area contributed by atoms with Crippen molar-refractivity contribution in [3.8, 4) is 0 Å². The van der Waals surface area contributed by atoms with Crippen LogP contribution in [-0.4, -0.2) is 9.97 Å². The fourth-order valence-electron chi connectivity index (χ4n) is 1.44. The third-order valence-electron chi connectivity index (χ3n) is 2.11. The standard InChI is InChI=1S/C9H7N3O3/c13-9-12-6-2-1-5(11-8(6)15-9)7-10-3-4-14-7/h1-4,7,10H,(H,12,13). The van der Waals surface area contributed by atoms with Crippen LogP contribution >= 0.6 is 0 Å². The Morgan fingerprint density at radius 3 is 3.13 bits per heavy atom. The molecule has 3 heterocycles. The fraction of sp³-hybridized carbons (Fsp3) is 0.111. The maximum absolute atomic E-state index is 10.9. The highest BCUT2D eigenvalue weighted by Crippen LogP contribution is 2.18. The van der Waals surface area contributed by atoms with E-state index in [-0.39, 0.29) is 11.9 Å². The SMILES string of the molecule is O=c1[nH]c2ccc(C3NC=CO3)nc2o1. The highest BCUT2D eigenvalue weighted by Gasteiger charge is 2.16. The molecule has 6 heteroatoms. The van der Waals surface area contributed by atoms with Gasteiger partial charge in [-0.25, -0.2) is 9.78 Å². The van der Waals surface area contributed by atoms with Crippen LogP contribution in [0.1, 0.15) is 11.9 Å². The topological polar surface area (TPSA) is 80.2 Å². The molecule has 1 unspecified atom stereocenters. The number of aromatic amines is 1. The summed E-state index contributed by atoms with van der Waals surface area (Å²) in [5, 5.41) is 2.95. The van der Waals surface area contributed by atoms with E-state index in [9.17, 15) is 4.79 Å². The number of oxazole rings is 1. The number of H-pyrrole nitrogens is 1. The van der Waals surface area contributed by atoms with Crippen LogP contribution in [0.3, 0.4) is 0 Å². The maximum atomic E-state index is 10.9. The van der Waals surface area contributed by atoms with Crippen LogP contribution in [0.5, 0.6) is 0 Å². The summed E-state index contributed by atoms with van der Waals surface area (Å²) in [6, 6.07) is 3.49. The summed E-state index contributed by atoms with van der Waals surface area (Å²) in [5.74, 6) is -0.506. The van der Waals surface area contributed by atoms with E-state index in [0.717, 1.165) is 0 Å². The number of hydrogen-bond donors (Lipinski definition) is 2. The molecule has 1 aliphatic heterocycles. The van der Waals surface area contributed by atoms with Gasteiger partial charge in [0.05, 0.1) is 0 Å². The number of ether oxygens (including phenoxy) is 1. The molecule has 0 saturated heterocycles. The zero-order valence-electron chi connectivity index (χ0n) is 7.56. The van der Waals surface area contributed by atoms with Gasteiger partial charge in [0, 0.05) is 6.20 Å². The van der Waals surface area contributed by atoms with Gasteiger partial charge in [0.15, 0.2) is 0 Å². The zero-order chi connectivity index (χ0) is 10.3. The number of fused-ring (bicyclic) bond motifs is 1. The maximum Gasteiger partial charge on any atom is 0.418 e. The molecule has 1 aliphatic rings. The van der Waals surface area contributed by atoms with Crippen molar-refractivity contribution in [1.29, 1.82) is 0 Å². The van der Waals surface area contributed by atoms with Crippen LogP contribution in [0.4, 0.5) is 0 Å². The summed E-state index contributed by atoms with van der Waals surface area (Å²) < 4.78 is 10.1. The lowest BCUT2D eigenvalue weighted by Crippen LogP contribution is -2.12. The molecule has 0 amide bonds. The molecule has 6 nitrogen and oxygen atoms in total. The van der Waals surface area contributed by atoms with Crippen LogP contribution < -0.4 is 11.1 Å². The summed E-state index contributed by atoms with van der Waals surface area (Å²) in [6.45, 7) is 0. The molecule has 0 spiro atoms. The Hall–Kier alpha value is -2.24. The van der Waals surface area contributed by atoms with Crippen LogP contribution in [0, 0.1) is 0 Å². The minimum absolute atomic E-state index is 0.287. The minimum Gasteiger partial charge on any atom is -0.471 e. The predicted octanol–water partition coefficient (Wildman–Crippen LogP) is 0.606. The average molecular weight is 205 g/mol. The molecule has 0 bridgehead atoms. The van der Waals surface area contributed by atoms with E-state index < -0.39 is 5.76 Å². The zero-order valence-corrected chi connectivity index (χ0v) is 7.56. The van der Waals surface area contributed by atoms with Gasteiger partial charge in [0.25, 0.3) is 0 Å². The molecule has 0 aliphatic carbocycles. The molecule has 2 N–H and O–H groups in total. The van der Waals surface area contributed by atoms with E-state index >= 15 is 0 Å². The van der Waals surface area contributed by atoms with Gasteiger partial charge in [-0.05, 0) is 12.1 Å². The monoisotopic (exact) mass is 205 g/mol. The van der Waals surface area contributed by atoms with Gasteiger partial charge < -0.3 is 14.5 Å². The van der Waals surface area contributed by atoms with Crippen LogP contribution in [0.25, 0.3) is 11.2 Å². The molecule has 2 aromatic heterocycles. The first-order chi connectivity index (χ1) is 7.33. The van der Waals surface area contributed by atoms with E-state index in [1.165, 1.54) is 0 Å². The highest BCUT2D eigenvalue weighted by molar-refractivity contribution is 5.67. The summed E-state index contributed by atoms with van der Waals surface area (Å²) in [6.07, 6.45) is 2.92. The second-order valence-corrected chi connectivity index (χ2v) is 3.09. The number of pyridine rings is 1. The number of hydrogen-bond acceptors (Lipinski definition) is 5. The molecule has 3 rings (SSSR count). The second kappa shape index (κ2) is 2.88. The van der Waals surface area contributed by atoms with Crippen LogP contribution in [-0.2, 0) is 4.74 Å².